The number of piperidine rings is 1. The van der Waals surface area contributed by atoms with Crippen LogP contribution in [0.5, 0.6) is 0 Å². The number of rotatable bonds is 7. The Morgan fingerprint density at radius 1 is 1.00 bits per heavy atom. The Kier molecular flexibility index (Phi) is 13.2. The van der Waals surface area contributed by atoms with Crippen LogP contribution in [0, 0.1) is 0 Å². The standard InChI is InChI=1S/C8H19N.C7H16N2/c1-3-5-7-9-8-6-4-2;1-2-9-5-3-7(8)4-6-9/h9H,3-8H2,1-2H3;7H,2-6,8H2,1H3. The van der Waals surface area contributed by atoms with Crippen molar-refractivity contribution in [2.75, 3.05) is 32.7 Å². The Morgan fingerprint density at radius 3 is 1.89 bits per heavy atom. The molecule has 0 aromatic rings. The lowest BCUT2D eigenvalue weighted by atomic mass is 10.1. The molecule has 110 valence electrons. The summed E-state index contributed by atoms with van der Waals surface area (Å²) in [6, 6.07) is 0.479. The molecule has 3 nitrogen and oxygen atoms in total. The molecule has 0 aromatic heterocycles. The number of likely N-dealkylation sites (tertiary alicyclic amines) is 1. The lowest BCUT2D eigenvalue weighted by Gasteiger charge is -2.28. The molecule has 3 heteroatoms. The zero-order valence-electron chi connectivity index (χ0n) is 12.9. The molecule has 0 aliphatic carbocycles. The van der Waals surface area contributed by atoms with Crippen molar-refractivity contribution in [3.05, 3.63) is 0 Å². The SMILES string of the molecule is CCCCNCCCC.CCN1CCC(N)CC1. The number of nitrogens with two attached hydrogens (primary N) is 1. The van der Waals surface area contributed by atoms with E-state index in [0.29, 0.717) is 6.04 Å². The van der Waals surface area contributed by atoms with Gasteiger partial charge >= 0.3 is 0 Å². The van der Waals surface area contributed by atoms with Crippen LogP contribution in [0.4, 0.5) is 0 Å². The average molecular weight is 257 g/mol. The van der Waals surface area contributed by atoms with Crippen LogP contribution in [0.3, 0.4) is 0 Å². The molecule has 1 fully saturated rings. The topological polar surface area (TPSA) is 41.3 Å². The van der Waals surface area contributed by atoms with Crippen molar-refractivity contribution < 1.29 is 0 Å². The van der Waals surface area contributed by atoms with E-state index in [1.165, 1.54) is 71.2 Å². The predicted octanol–water partition coefficient (Wildman–Crippen LogP) is 2.61. The predicted molar refractivity (Wildman–Crippen MR) is 82.0 cm³/mol. The molecule has 0 atom stereocenters. The maximum Gasteiger partial charge on any atom is 0.00631 e. The van der Waals surface area contributed by atoms with Crippen molar-refractivity contribution in [1.29, 1.82) is 0 Å². The molecule has 0 aromatic carbocycles. The first-order chi connectivity index (χ1) is 8.74. The highest BCUT2D eigenvalue weighted by molar-refractivity contribution is 4.72. The summed E-state index contributed by atoms with van der Waals surface area (Å²) in [6.45, 7) is 12.7. The van der Waals surface area contributed by atoms with E-state index in [-0.39, 0.29) is 0 Å². The van der Waals surface area contributed by atoms with Gasteiger partial charge in [-0.15, -0.1) is 0 Å². The minimum Gasteiger partial charge on any atom is -0.328 e. The summed E-state index contributed by atoms with van der Waals surface area (Å²) >= 11 is 0. The van der Waals surface area contributed by atoms with E-state index in [0.717, 1.165) is 0 Å². The molecule has 0 unspecified atom stereocenters. The molecule has 0 saturated carbocycles. The highest BCUT2D eigenvalue weighted by Crippen LogP contribution is 2.06. The third kappa shape index (κ3) is 11.0. The molecule has 1 aliphatic heterocycles. The third-order valence-corrected chi connectivity index (χ3v) is 3.49. The minimum atomic E-state index is 0.479. The highest BCUT2D eigenvalue weighted by Gasteiger charge is 2.13. The van der Waals surface area contributed by atoms with Crippen molar-refractivity contribution in [1.82, 2.24) is 10.2 Å². The van der Waals surface area contributed by atoms with Gasteiger partial charge in [0.15, 0.2) is 0 Å². The number of nitrogens with one attached hydrogen (secondary N) is 1. The van der Waals surface area contributed by atoms with Gasteiger partial charge in [-0.3, -0.25) is 0 Å². The molecule has 18 heavy (non-hydrogen) atoms. The summed E-state index contributed by atoms with van der Waals surface area (Å²) in [5.41, 5.74) is 5.72. The fourth-order valence-electron chi connectivity index (χ4n) is 2.00. The van der Waals surface area contributed by atoms with Crippen LogP contribution in [-0.4, -0.2) is 43.7 Å². The second-order valence-electron chi connectivity index (χ2n) is 5.23. The zero-order valence-corrected chi connectivity index (χ0v) is 12.9. The van der Waals surface area contributed by atoms with Gasteiger partial charge in [-0.25, -0.2) is 0 Å². The van der Waals surface area contributed by atoms with Gasteiger partial charge in [0.2, 0.25) is 0 Å². The van der Waals surface area contributed by atoms with Crippen molar-refractivity contribution in [3.8, 4) is 0 Å². The maximum atomic E-state index is 5.72. The zero-order chi connectivity index (χ0) is 13.6. The lowest BCUT2D eigenvalue weighted by molar-refractivity contribution is 0.223. The smallest absolute Gasteiger partial charge is 0.00631 e. The number of hydrogen-bond acceptors (Lipinski definition) is 3. The summed E-state index contributed by atoms with van der Waals surface area (Å²) in [4.78, 5) is 2.45. The van der Waals surface area contributed by atoms with Crippen LogP contribution in [0.1, 0.15) is 59.3 Å². The highest BCUT2D eigenvalue weighted by atomic mass is 15.1. The van der Waals surface area contributed by atoms with E-state index >= 15 is 0 Å². The molecule has 0 radical (unpaired) electrons. The second kappa shape index (κ2) is 13.3. The number of unbranched alkanes of at least 4 members (excludes halogenated alkanes) is 2. The Labute approximate surface area is 114 Å². The van der Waals surface area contributed by atoms with E-state index < -0.39 is 0 Å². The molecule has 1 aliphatic rings. The van der Waals surface area contributed by atoms with Gasteiger partial charge < -0.3 is 16.0 Å². The Hall–Kier alpha value is -0.120. The molecule has 1 heterocycles. The molecular weight excluding hydrogens is 222 g/mol. The van der Waals surface area contributed by atoms with Crippen LogP contribution in [0.2, 0.25) is 0 Å². The van der Waals surface area contributed by atoms with Gasteiger partial charge in [-0.05, 0) is 58.4 Å². The van der Waals surface area contributed by atoms with Crippen molar-refractivity contribution in [2.24, 2.45) is 5.73 Å². The van der Waals surface area contributed by atoms with E-state index in [4.69, 9.17) is 5.73 Å². The molecule has 0 spiro atoms. The second-order valence-corrected chi connectivity index (χ2v) is 5.23. The van der Waals surface area contributed by atoms with Gasteiger partial charge in [0, 0.05) is 6.04 Å². The van der Waals surface area contributed by atoms with Gasteiger partial charge in [0.05, 0.1) is 0 Å². The van der Waals surface area contributed by atoms with Crippen LogP contribution < -0.4 is 11.1 Å². The van der Waals surface area contributed by atoms with E-state index in [1.807, 2.05) is 0 Å². The summed E-state index contributed by atoms with van der Waals surface area (Å²) < 4.78 is 0. The van der Waals surface area contributed by atoms with Crippen molar-refractivity contribution >= 4 is 0 Å². The average Bonchev–Trinajstić information content (AvgIpc) is 2.40. The quantitative estimate of drug-likeness (QED) is 0.689. The number of nitrogens with zero attached hydrogens (tertiary/aromatic N) is 1. The molecule has 0 amide bonds. The van der Waals surface area contributed by atoms with Crippen LogP contribution in [-0.2, 0) is 0 Å². The molecule has 0 bridgehead atoms. The van der Waals surface area contributed by atoms with E-state index in [1.54, 1.807) is 0 Å². The van der Waals surface area contributed by atoms with Gasteiger partial charge in [-0.1, -0.05) is 33.6 Å². The molecule has 3 N–H and O–H groups in total. The monoisotopic (exact) mass is 257 g/mol. The van der Waals surface area contributed by atoms with Crippen LogP contribution in [0.15, 0.2) is 0 Å². The minimum absolute atomic E-state index is 0.479. The fraction of sp³-hybridized carbons (Fsp3) is 1.00. The van der Waals surface area contributed by atoms with Gasteiger partial charge in [-0.2, -0.15) is 0 Å². The normalized spacial score (nSPS) is 17.3. The first-order valence-corrected chi connectivity index (χ1v) is 7.93. The van der Waals surface area contributed by atoms with Gasteiger partial charge in [0.1, 0.15) is 0 Å². The first-order valence-electron chi connectivity index (χ1n) is 7.93. The van der Waals surface area contributed by atoms with Crippen molar-refractivity contribution in [3.63, 3.8) is 0 Å². The largest absolute Gasteiger partial charge is 0.328 e. The summed E-state index contributed by atoms with van der Waals surface area (Å²) in [5.74, 6) is 0. The summed E-state index contributed by atoms with van der Waals surface area (Å²) in [7, 11) is 0. The van der Waals surface area contributed by atoms with E-state index in [2.05, 4.69) is 31.0 Å². The fourth-order valence-corrected chi connectivity index (χ4v) is 2.00. The van der Waals surface area contributed by atoms with E-state index in [9.17, 15) is 0 Å². The summed E-state index contributed by atoms with van der Waals surface area (Å²) in [6.07, 6.45) is 7.63. The number of hydrogen-bond donors (Lipinski definition) is 2. The Balaban J connectivity index is 0.000000321. The molecule has 1 rings (SSSR count). The Bertz CT molecular complexity index is 148. The van der Waals surface area contributed by atoms with Crippen LogP contribution in [0.25, 0.3) is 0 Å². The molecular formula is C15H35N3. The van der Waals surface area contributed by atoms with Crippen LogP contribution >= 0.6 is 0 Å². The Morgan fingerprint density at radius 2 is 1.50 bits per heavy atom. The summed E-state index contributed by atoms with van der Waals surface area (Å²) in [5, 5.41) is 3.39. The first kappa shape index (κ1) is 17.9. The van der Waals surface area contributed by atoms with Gasteiger partial charge in [0.25, 0.3) is 0 Å². The maximum absolute atomic E-state index is 5.72. The van der Waals surface area contributed by atoms with Crippen molar-refractivity contribution in [2.45, 2.75) is 65.3 Å². The molecule has 1 saturated heterocycles. The third-order valence-electron chi connectivity index (χ3n) is 3.49. The lowest BCUT2D eigenvalue weighted by Crippen LogP contribution is -2.39.